The fourth-order valence-electron chi connectivity index (χ4n) is 3.76. The summed E-state index contributed by atoms with van der Waals surface area (Å²) < 4.78 is 5.26. The maximum Gasteiger partial charge on any atom is 0.408 e. The van der Waals surface area contributed by atoms with Gasteiger partial charge in [-0.3, -0.25) is 14.5 Å². The minimum absolute atomic E-state index is 0.103. The number of primary amides is 1. The van der Waals surface area contributed by atoms with Crippen LogP contribution in [-0.2, 0) is 27.5 Å². The van der Waals surface area contributed by atoms with Gasteiger partial charge in [-0.05, 0) is 62.8 Å². The Hall–Kier alpha value is -4.51. The Morgan fingerprint density at radius 1 is 1.10 bits per heavy atom. The smallest absolute Gasteiger partial charge is 0.408 e. The molecule has 1 rings (SSSR count). The Morgan fingerprint density at radius 2 is 1.76 bits per heavy atom. The molecule has 0 fully saturated rings. The van der Waals surface area contributed by atoms with Crippen LogP contribution in [0.4, 0.5) is 20.1 Å². The first-order valence-corrected chi connectivity index (χ1v) is 13.4. The highest BCUT2D eigenvalue weighted by molar-refractivity contribution is 5.98. The number of ether oxygens (including phenoxy) is 1. The monoisotopic (exact) mass is 590 g/mol. The molecular weight excluding hydrogens is 548 g/mol. The van der Waals surface area contributed by atoms with Gasteiger partial charge >= 0.3 is 18.2 Å². The standard InChI is InChI=1S/C28H42N6O8/c1-7-13-34(27(40)41)15-19-14-20(11-10-18(19)16-35)31-23(36)21(9-8-12-30-25(29)38)32-24(37)22(17(2)3)33-26(39)42-28(4,5)6/h1,10-11,14,17,21-22,35H,8-9,12-13,15-16H2,2-6H3,(H,31,36)(H,32,37)(H,33,39)(H,40,41)(H3,29,30,38)/t21-,22-/m0/s1. The molecule has 0 unspecified atom stereocenters. The summed E-state index contributed by atoms with van der Waals surface area (Å²) in [5, 5.41) is 29.5. The lowest BCUT2D eigenvalue weighted by atomic mass is 10.0. The van der Waals surface area contributed by atoms with Crippen LogP contribution in [0.1, 0.15) is 58.6 Å². The van der Waals surface area contributed by atoms with Crippen LogP contribution in [0.2, 0.25) is 0 Å². The van der Waals surface area contributed by atoms with E-state index in [0.717, 1.165) is 4.90 Å². The van der Waals surface area contributed by atoms with Crippen LogP contribution in [-0.4, -0.2) is 75.9 Å². The summed E-state index contributed by atoms with van der Waals surface area (Å²) in [4.78, 5) is 62.5. The number of alkyl carbamates (subject to hydrolysis) is 1. The largest absolute Gasteiger partial charge is 0.465 e. The van der Waals surface area contributed by atoms with E-state index in [2.05, 4.69) is 27.2 Å². The molecule has 0 aliphatic carbocycles. The molecule has 0 heterocycles. The van der Waals surface area contributed by atoms with Crippen molar-refractivity contribution < 1.29 is 38.9 Å². The van der Waals surface area contributed by atoms with Crippen LogP contribution in [0.5, 0.6) is 0 Å². The fourth-order valence-corrected chi connectivity index (χ4v) is 3.76. The third-order valence-electron chi connectivity index (χ3n) is 5.78. The Bertz CT molecular complexity index is 1160. The highest BCUT2D eigenvalue weighted by atomic mass is 16.6. The van der Waals surface area contributed by atoms with Crippen LogP contribution < -0.4 is 27.0 Å². The van der Waals surface area contributed by atoms with Crippen LogP contribution in [0.15, 0.2) is 18.2 Å². The Morgan fingerprint density at radius 3 is 2.29 bits per heavy atom. The Balaban J connectivity index is 3.18. The van der Waals surface area contributed by atoms with E-state index >= 15 is 0 Å². The van der Waals surface area contributed by atoms with Gasteiger partial charge in [0.2, 0.25) is 11.8 Å². The maximum atomic E-state index is 13.3. The summed E-state index contributed by atoms with van der Waals surface area (Å²) in [6.45, 7) is 7.95. The van der Waals surface area contributed by atoms with Gasteiger partial charge in [0, 0.05) is 12.2 Å². The average molecular weight is 591 g/mol. The topological polar surface area (TPSA) is 212 Å². The summed E-state index contributed by atoms with van der Waals surface area (Å²) >= 11 is 0. The second kappa shape index (κ2) is 16.7. The average Bonchev–Trinajstić information content (AvgIpc) is 2.87. The van der Waals surface area contributed by atoms with E-state index in [1.807, 2.05) is 0 Å². The quantitative estimate of drug-likeness (QED) is 0.125. The van der Waals surface area contributed by atoms with E-state index in [0.29, 0.717) is 11.1 Å². The first kappa shape index (κ1) is 35.5. The Kier molecular flexibility index (Phi) is 14.1. The summed E-state index contributed by atoms with van der Waals surface area (Å²) in [7, 11) is 0. The number of aliphatic hydroxyl groups excluding tert-OH is 1. The number of nitrogens with zero attached hydrogens (tertiary/aromatic N) is 1. The third kappa shape index (κ3) is 12.8. The predicted octanol–water partition coefficient (Wildman–Crippen LogP) is 1.71. The van der Waals surface area contributed by atoms with Crippen molar-refractivity contribution >= 4 is 35.7 Å². The van der Waals surface area contributed by atoms with Gasteiger partial charge in [0.05, 0.1) is 19.7 Å². The van der Waals surface area contributed by atoms with E-state index in [4.69, 9.17) is 16.9 Å². The summed E-state index contributed by atoms with van der Waals surface area (Å²) in [6.07, 6.45) is 3.60. The zero-order chi connectivity index (χ0) is 32.0. The molecule has 0 aliphatic rings. The van der Waals surface area contributed by atoms with Crippen molar-refractivity contribution in [2.24, 2.45) is 11.7 Å². The first-order valence-electron chi connectivity index (χ1n) is 13.4. The SMILES string of the molecule is C#CCN(Cc1cc(NC(=O)[C@H](CCCNC(N)=O)NC(=O)[C@@H](NC(=O)OC(C)(C)C)C(C)C)ccc1CO)C(=O)O. The van der Waals surface area contributed by atoms with E-state index in [1.165, 1.54) is 18.2 Å². The van der Waals surface area contributed by atoms with Gasteiger partial charge < -0.3 is 42.0 Å². The number of carbonyl (C=O) groups is 5. The third-order valence-corrected chi connectivity index (χ3v) is 5.78. The molecule has 1 aromatic rings. The van der Waals surface area contributed by atoms with Crippen molar-refractivity contribution in [3.05, 3.63) is 29.3 Å². The highest BCUT2D eigenvalue weighted by Crippen LogP contribution is 2.19. The number of urea groups is 1. The number of carboxylic acid groups (broad SMARTS) is 1. The molecule has 0 aliphatic heterocycles. The second-order valence-electron chi connectivity index (χ2n) is 10.8. The Labute approximate surface area is 245 Å². The van der Waals surface area contributed by atoms with Gasteiger partial charge in [0.15, 0.2) is 0 Å². The van der Waals surface area contributed by atoms with E-state index in [1.54, 1.807) is 34.6 Å². The molecule has 2 atom stereocenters. The minimum Gasteiger partial charge on any atom is -0.465 e. The van der Waals surface area contributed by atoms with Gasteiger partial charge in [-0.25, -0.2) is 14.4 Å². The summed E-state index contributed by atoms with van der Waals surface area (Å²) in [6, 6.07) is 1.71. The number of terminal acetylenes is 1. The normalized spacial score (nSPS) is 12.3. The molecule has 14 nitrogen and oxygen atoms in total. The first-order chi connectivity index (χ1) is 19.6. The zero-order valence-corrected chi connectivity index (χ0v) is 24.7. The molecule has 6 amide bonds. The lowest BCUT2D eigenvalue weighted by molar-refractivity contribution is -0.128. The molecular formula is C28H42N6O8. The van der Waals surface area contributed by atoms with Gasteiger partial charge in [-0.2, -0.15) is 0 Å². The minimum atomic E-state index is -1.25. The number of anilines is 1. The molecule has 0 saturated carbocycles. The molecule has 0 radical (unpaired) electrons. The summed E-state index contributed by atoms with van der Waals surface area (Å²) in [5.74, 6) is 0.676. The van der Waals surface area contributed by atoms with E-state index in [-0.39, 0.29) is 50.7 Å². The van der Waals surface area contributed by atoms with Gasteiger partial charge in [0.25, 0.3) is 0 Å². The molecule has 0 saturated heterocycles. The van der Waals surface area contributed by atoms with Crippen molar-refractivity contribution in [2.45, 2.75) is 78.3 Å². The molecule has 0 aromatic heterocycles. The van der Waals surface area contributed by atoms with Gasteiger partial charge in [-0.15, -0.1) is 6.42 Å². The van der Waals surface area contributed by atoms with Gasteiger partial charge in [-0.1, -0.05) is 25.8 Å². The highest BCUT2D eigenvalue weighted by Gasteiger charge is 2.30. The molecule has 8 N–H and O–H groups in total. The fraction of sp³-hybridized carbons (Fsp3) is 0.536. The molecule has 14 heteroatoms. The number of carbonyl (C=O) groups excluding carboxylic acids is 4. The second-order valence-corrected chi connectivity index (χ2v) is 10.8. The molecule has 42 heavy (non-hydrogen) atoms. The predicted molar refractivity (Wildman–Crippen MR) is 155 cm³/mol. The molecule has 232 valence electrons. The summed E-state index contributed by atoms with van der Waals surface area (Å²) in [5.41, 5.74) is 5.45. The number of rotatable bonds is 14. The number of amides is 6. The zero-order valence-electron chi connectivity index (χ0n) is 24.7. The maximum absolute atomic E-state index is 13.3. The van der Waals surface area contributed by atoms with Crippen molar-refractivity contribution in [2.75, 3.05) is 18.4 Å². The number of hydrogen-bond donors (Lipinski definition) is 7. The van der Waals surface area contributed by atoms with Crippen molar-refractivity contribution in [1.82, 2.24) is 20.9 Å². The molecule has 1 aromatic carbocycles. The van der Waals surface area contributed by atoms with Crippen molar-refractivity contribution in [3.8, 4) is 12.3 Å². The van der Waals surface area contributed by atoms with Crippen LogP contribution in [0.25, 0.3) is 0 Å². The lowest BCUT2D eigenvalue weighted by Crippen LogP contribution is -2.55. The number of benzene rings is 1. The van der Waals surface area contributed by atoms with Crippen molar-refractivity contribution in [1.29, 1.82) is 0 Å². The van der Waals surface area contributed by atoms with Crippen LogP contribution >= 0.6 is 0 Å². The number of nitrogens with one attached hydrogen (secondary N) is 4. The van der Waals surface area contributed by atoms with E-state index < -0.39 is 47.7 Å². The molecule has 0 bridgehead atoms. The molecule has 0 spiro atoms. The van der Waals surface area contributed by atoms with Crippen LogP contribution in [0.3, 0.4) is 0 Å². The van der Waals surface area contributed by atoms with E-state index in [9.17, 15) is 34.2 Å². The van der Waals surface area contributed by atoms with Crippen LogP contribution in [0, 0.1) is 18.3 Å². The number of nitrogens with two attached hydrogens (primary N) is 1. The van der Waals surface area contributed by atoms with Crippen molar-refractivity contribution in [3.63, 3.8) is 0 Å². The lowest BCUT2D eigenvalue weighted by Gasteiger charge is -2.27. The number of hydrogen-bond acceptors (Lipinski definition) is 7. The van der Waals surface area contributed by atoms with Gasteiger partial charge in [0.1, 0.15) is 17.7 Å². The number of aliphatic hydroxyl groups is 1.